The van der Waals surface area contributed by atoms with E-state index in [4.69, 9.17) is 5.11 Å². The number of carbonyl (C=O) groups is 2. The summed E-state index contributed by atoms with van der Waals surface area (Å²) in [5.41, 5.74) is -0.408. The van der Waals surface area contributed by atoms with E-state index in [0.29, 0.717) is 6.54 Å². The van der Waals surface area contributed by atoms with Crippen LogP contribution in [0.4, 0.5) is 0 Å². The summed E-state index contributed by atoms with van der Waals surface area (Å²) in [5.74, 6) is -1.88. The maximum atomic E-state index is 12.0. The Morgan fingerprint density at radius 1 is 1.30 bits per heavy atom. The molecule has 2 aliphatic rings. The second kappa shape index (κ2) is 6.10. The average molecular weight is 283 g/mol. The molecule has 0 aromatic rings. The monoisotopic (exact) mass is 283 g/mol. The molecular weight excluding hydrogens is 258 g/mol. The number of carboxylic acid groups (broad SMARTS) is 1. The molecule has 1 aliphatic heterocycles. The SMILES string of the molecule is CC1(C)C(C(=O)O)C1C(=O)NCCCN1CCNCC1. The zero-order chi connectivity index (χ0) is 14.8. The van der Waals surface area contributed by atoms with Crippen molar-refractivity contribution in [1.29, 1.82) is 0 Å². The molecule has 2 fully saturated rings. The summed E-state index contributed by atoms with van der Waals surface area (Å²) in [5, 5.41) is 15.2. The van der Waals surface area contributed by atoms with Crippen molar-refractivity contribution in [3.63, 3.8) is 0 Å². The molecule has 0 bridgehead atoms. The average Bonchev–Trinajstić information content (AvgIpc) is 2.99. The van der Waals surface area contributed by atoms with Gasteiger partial charge in [-0.1, -0.05) is 13.8 Å². The van der Waals surface area contributed by atoms with E-state index in [2.05, 4.69) is 15.5 Å². The van der Waals surface area contributed by atoms with E-state index in [0.717, 1.165) is 39.1 Å². The lowest BCUT2D eigenvalue weighted by atomic mass is 10.1. The zero-order valence-corrected chi connectivity index (χ0v) is 12.3. The first-order valence-corrected chi connectivity index (χ1v) is 7.38. The Balaban J connectivity index is 1.65. The summed E-state index contributed by atoms with van der Waals surface area (Å²) >= 11 is 0. The summed E-state index contributed by atoms with van der Waals surface area (Å²) in [6.45, 7) is 9.48. The van der Waals surface area contributed by atoms with E-state index in [1.54, 1.807) is 0 Å². The third-order valence-electron chi connectivity index (χ3n) is 4.54. The molecule has 2 rings (SSSR count). The highest BCUT2D eigenvalue weighted by molar-refractivity contribution is 5.91. The van der Waals surface area contributed by atoms with Crippen LogP contribution in [0.3, 0.4) is 0 Å². The molecule has 20 heavy (non-hydrogen) atoms. The highest BCUT2D eigenvalue weighted by Crippen LogP contribution is 2.58. The minimum Gasteiger partial charge on any atom is -0.481 e. The molecule has 6 nitrogen and oxygen atoms in total. The lowest BCUT2D eigenvalue weighted by Crippen LogP contribution is -2.44. The largest absolute Gasteiger partial charge is 0.481 e. The molecule has 0 radical (unpaired) electrons. The Hall–Kier alpha value is -1.14. The maximum Gasteiger partial charge on any atom is 0.307 e. The number of carboxylic acids is 1. The van der Waals surface area contributed by atoms with Gasteiger partial charge in [-0.3, -0.25) is 9.59 Å². The standard InChI is InChI=1S/C14H25N3O3/c1-14(2)10(11(14)13(19)20)12(18)16-4-3-7-17-8-5-15-6-9-17/h10-11,15H,3-9H2,1-2H3,(H,16,18)(H,19,20). The van der Waals surface area contributed by atoms with Gasteiger partial charge in [-0.15, -0.1) is 0 Å². The second-order valence-electron chi connectivity index (χ2n) is 6.35. The molecule has 6 heteroatoms. The van der Waals surface area contributed by atoms with Crippen LogP contribution in [0.2, 0.25) is 0 Å². The zero-order valence-electron chi connectivity index (χ0n) is 12.3. The summed E-state index contributed by atoms with van der Waals surface area (Å²) in [4.78, 5) is 25.4. The number of hydrogen-bond donors (Lipinski definition) is 3. The van der Waals surface area contributed by atoms with E-state index in [9.17, 15) is 9.59 Å². The van der Waals surface area contributed by atoms with Crippen LogP contribution in [0.5, 0.6) is 0 Å². The summed E-state index contributed by atoms with van der Waals surface area (Å²) in [6, 6.07) is 0. The molecule has 2 unspecified atom stereocenters. The van der Waals surface area contributed by atoms with E-state index in [-0.39, 0.29) is 11.8 Å². The van der Waals surface area contributed by atoms with Crippen molar-refractivity contribution in [2.75, 3.05) is 39.3 Å². The van der Waals surface area contributed by atoms with E-state index in [1.807, 2.05) is 13.8 Å². The number of rotatable bonds is 6. The van der Waals surface area contributed by atoms with Gasteiger partial charge in [0.15, 0.2) is 0 Å². The number of carbonyl (C=O) groups excluding carboxylic acids is 1. The smallest absolute Gasteiger partial charge is 0.307 e. The minimum absolute atomic E-state index is 0.109. The number of hydrogen-bond acceptors (Lipinski definition) is 4. The predicted octanol–water partition coefficient (Wildman–Crippen LogP) is -0.245. The fourth-order valence-electron chi connectivity index (χ4n) is 3.15. The first-order chi connectivity index (χ1) is 9.44. The molecule has 114 valence electrons. The Kier molecular flexibility index (Phi) is 4.65. The number of amides is 1. The van der Waals surface area contributed by atoms with E-state index >= 15 is 0 Å². The van der Waals surface area contributed by atoms with Crippen molar-refractivity contribution >= 4 is 11.9 Å². The van der Waals surface area contributed by atoms with Gasteiger partial charge in [0, 0.05) is 32.7 Å². The Bertz CT molecular complexity index is 378. The van der Waals surface area contributed by atoms with Crippen LogP contribution >= 0.6 is 0 Å². The molecule has 0 aromatic carbocycles. The van der Waals surface area contributed by atoms with Gasteiger partial charge in [0.05, 0.1) is 11.8 Å². The van der Waals surface area contributed by atoms with Gasteiger partial charge in [-0.25, -0.2) is 0 Å². The second-order valence-corrected chi connectivity index (χ2v) is 6.35. The van der Waals surface area contributed by atoms with Crippen molar-refractivity contribution < 1.29 is 14.7 Å². The van der Waals surface area contributed by atoms with E-state index in [1.165, 1.54) is 0 Å². The van der Waals surface area contributed by atoms with Crippen molar-refractivity contribution in [2.45, 2.75) is 20.3 Å². The Morgan fingerprint density at radius 2 is 1.95 bits per heavy atom. The Labute approximate surface area is 119 Å². The third kappa shape index (κ3) is 3.30. The minimum atomic E-state index is -0.865. The number of piperazine rings is 1. The summed E-state index contributed by atoms with van der Waals surface area (Å²) in [7, 11) is 0. The third-order valence-corrected chi connectivity index (χ3v) is 4.54. The van der Waals surface area contributed by atoms with Crippen LogP contribution in [0.1, 0.15) is 20.3 Å². The van der Waals surface area contributed by atoms with Crippen LogP contribution in [0, 0.1) is 17.3 Å². The lowest BCUT2D eigenvalue weighted by molar-refractivity contribution is -0.140. The van der Waals surface area contributed by atoms with Gasteiger partial charge in [0.1, 0.15) is 0 Å². The predicted molar refractivity (Wildman–Crippen MR) is 75.3 cm³/mol. The summed E-state index contributed by atoms with van der Waals surface area (Å²) < 4.78 is 0. The molecule has 1 amide bonds. The van der Waals surface area contributed by atoms with Gasteiger partial charge < -0.3 is 20.6 Å². The molecular formula is C14H25N3O3. The first-order valence-electron chi connectivity index (χ1n) is 7.38. The van der Waals surface area contributed by atoms with Gasteiger partial charge in [0.2, 0.25) is 5.91 Å². The van der Waals surface area contributed by atoms with Crippen LogP contribution in [0.25, 0.3) is 0 Å². The first kappa shape index (κ1) is 15.3. The normalized spacial score (nSPS) is 28.9. The van der Waals surface area contributed by atoms with Crippen LogP contribution in [-0.4, -0.2) is 61.2 Å². The van der Waals surface area contributed by atoms with Gasteiger partial charge in [-0.05, 0) is 18.4 Å². The number of nitrogens with zero attached hydrogens (tertiary/aromatic N) is 1. The van der Waals surface area contributed by atoms with Crippen LogP contribution in [0.15, 0.2) is 0 Å². The fraction of sp³-hybridized carbons (Fsp3) is 0.857. The maximum absolute atomic E-state index is 12.0. The molecule has 1 saturated heterocycles. The van der Waals surface area contributed by atoms with Gasteiger partial charge in [0.25, 0.3) is 0 Å². The lowest BCUT2D eigenvalue weighted by Gasteiger charge is -2.27. The van der Waals surface area contributed by atoms with Crippen LogP contribution in [-0.2, 0) is 9.59 Å². The molecule has 2 atom stereocenters. The highest BCUT2D eigenvalue weighted by Gasteiger charge is 2.65. The van der Waals surface area contributed by atoms with Gasteiger partial charge >= 0.3 is 5.97 Å². The van der Waals surface area contributed by atoms with E-state index < -0.39 is 17.3 Å². The van der Waals surface area contributed by atoms with Crippen molar-refractivity contribution in [1.82, 2.24) is 15.5 Å². The fourth-order valence-corrected chi connectivity index (χ4v) is 3.15. The molecule has 0 spiro atoms. The topological polar surface area (TPSA) is 81.7 Å². The quantitative estimate of drug-likeness (QED) is 0.586. The molecule has 1 saturated carbocycles. The Morgan fingerprint density at radius 3 is 2.50 bits per heavy atom. The highest BCUT2D eigenvalue weighted by atomic mass is 16.4. The van der Waals surface area contributed by atoms with Crippen LogP contribution < -0.4 is 10.6 Å². The molecule has 1 aliphatic carbocycles. The van der Waals surface area contributed by atoms with Crippen molar-refractivity contribution in [2.24, 2.45) is 17.3 Å². The van der Waals surface area contributed by atoms with Crippen molar-refractivity contribution in [3.8, 4) is 0 Å². The number of aliphatic carboxylic acids is 1. The molecule has 0 aromatic heterocycles. The van der Waals surface area contributed by atoms with Crippen molar-refractivity contribution in [3.05, 3.63) is 0 Å². The number of nitrogens with one attached hydrogen (secondary N) is 2. The molecule has 3 N–H and O–H groups in total. The summed E-state index contributed by atoms with van der Waals surface area (Å²) in [6.07, 6.45) is 0.913. The van der Waals surface area contributed by atoms with Gasteiger partial charge in [-0.2, -0.15) is 0 Å². The molecule has 1 heterocycles.